The summed E-state index contributed by atoms with van der Waals surface area (Å²) in [6.45, 7) is 1.96. The van der Waals surface area contributed by atoms with Gasteiger partial charge in [-0.25, -0.2) is 0 Å². The van der Waals surface area contributed by atoms with Gasteiger partial charge in [0.05, 0.1) is 6.61 Å². The van der Waals surface area contributed by atoms with Gasteiger partial charge in [-0.2, -0.15) is 0 Å². The number of phenols is 1. The average molecular weight is 207 g/mol. The Balaban J connectivity index is 2.05. The van der Waals surface area contributed by atoms with E-state index in [4.69, 9.17) is 0 Å². The molecule has 3 heteroatoms. The first-order valence-corrected chi connectivity index (χ1v) is 5.43. The van der Waals surface area contributed by atoms with Crippen molar-refractivity contribution < 1.29 is 10.2 Å². The highest BCUT2D eigenvalue weighted by atomic mass is 16.3. The third-order valence-corrected chi connectivity index (χ3v) is 3.07. The summed E-state index contributed by atoms with van der Waals surface area (Å²) < 4.78 is 0. The zero-order valence-electron chi connectivity index (χ0n) is 8.76. The zero-order valence-corrected chi connectivity index (χ0v) is 8.76. The van der Waals surface area contributed by atoms with E-state index in [1.807, 2.05) is 18.2 Å². The van der Waals surface area contributed by atoms with Gasteiger partial charge in [0.1, 0.15) is 5.75 Å². The lowest BCUT2D eigenvalue weighted by Gasteiger charge is -2.22. The topological polar surface area (TPSA) is 43.7 Å². The van der Waals surface area contributed by atoms with E-state index in [1.165, 1.54) is 0 Å². The van der Waals surface area contributed by atoms with Gasteiger partial charge < -0.3 is 10.2 Å². The normalized spacial score (nSPS) is 22.1. The predicted octanol–water partition coefficient (Wildman–Crippen LogP) is 1.35. The van der Waals surface area contributed by atoms with Gasteiger partial charge in [0.2, 0.25) is 0 Å². The van der Waals surface area contributed by atoms with Crippen LogP contribution in [-0.4, -0.2) is 34.3 Å². The molecule has 1 aliphatic rings. The lowest BCUT2D eigenvalue weighted by molar-refractivity contribution is 0.152. The molecule has 82 valence electrons. The first kappa shape index (κ1) is 10.5. The van der Waals surface area contributed by atoms with E-state index in [-0.39, 0.29) is 12.6 Å². The predicted molar refractivity (Wildman–Crippen MR) is 58.6 cm³/mol. The van der Waals surface area contributed by atoms with Crippen LogP contribution < -0.4 is 0 Å². The van der Waals surface area contributed by atoms with E-state index in [9.17, 15) is 10.2 Å². The number of aromatic hydroxyl groups is 1. The van der Waals surface area contributed by atoms with E-state index < -0.39 is 0 Å². The van der Waals surface area contributed by atoms with Crippen molar-refractivity contribution >= 4 is 0 Å². The second kappa shape index (κ2) is 4.64. The number of nitrogens with zero attached hydrogens (tertiary/aromatic N) is 1. The van der Waals surface area contributed by atoms with Gasteiger partial charge in [0.25, 0.3) is 0 Å². The molecule has 0 amide bonds. The molecule has 1 atom stereocenters. The summed E-state index contributed by atoms with van der Waals surface area (Å²) in [5.41, 5.74) is 0.942. The third-order valence-electron chi connectivity index (χ3n) is 3.07. The van der Waals surface area contributed by atoms with Gasteiger partial charge in [-0.3, -0.25) is 4.90 Å². The summed E-state index contributed by atoms with van der Waals surface area (Å²) in [6, 6.07) is 7.66. The number of aliphatic hydroxyl groups is 1. The minimum atomic E-state index is 0.216. The second-order valence-corrected chi connectivity index (χ2v) is 4.08. The molecule has 3 nitrogen and oxygen atoms in total. The molecule has 1 aliphatic heterocycles. The van der Waals surface area contributed by atoms with Crippen LogP contribution in [0.5, 0.6) is 5.75 Å². The fourth-order valence-electron chi connectivity index (χ4n) is 2.17. The highest BCUT2D eigenvalue weighted by Gasteiger charge is 2.23. The van der Waals surface area contributed by atoms with Crippen molar-refractivity contribution in [3.8, 4) is 5.75 Å². The van der Waals surface area contributed by atoms with Crippen LogP contribution in [0.4, 0.5) is 0 Å². The van der Waals surface area contributed by atoms with Gasteiger partial charge >= 0.3 is 0 Å². The standard InChI is InChI=1S/C12H17NO2/c14-9-11-5-3-7-13(11)8-10-4-1-2-6-12(10)15/h1-2,4,6,11,14-15H,3,5,7-9H2/t11-/m1/s1. The van der Waals surface area contributed by atoms with Crippen LogP contribution in [0.2, 0.25) is 0 Å². The quantitative estimate of drug-likeness (QED) is 0.786. The van der Waals surface area contributed by atoms with Crippen LogP contribution in [0, 0.1) is 0 Å². The monoisotopic (exact) mass is 207 g/mol. The summed E-state index contributed by atoms with van der Waals surface area (Å²) in [5.74, 6) is 0.348. The number of para-hydroxylation sites is 1. The molecular formula is C12H17NO2. The van der Waals surface area contributed by atoms with E-state index in [0.29, 0.717) is 5.75 Å². The molecule has 0 saturated carbocycles. The highest BCUT2D eigenvalue weighted by molar-refractivity contribution is 5.31. The molecule has 0 spiro atoms. The minimum Gasteiger partial charge on any atom is -0.508 e. The Labute approximate surface area is 90.0 Å². The Hall–Kier alpha value is -1.06. The molecule has 0 aromatic heterocycles. The molecule has 1 saturated heterocycles. The van der Waals surface area contributed by atoms with Crippen LogP contribution in [-0.2, 0) is 6.54 Å². The number of benzene rings is 1. The summed E-state index contributed by atoms with van der Waals surface area (Å²) in [5, 5.41) is 18.8. The lowest BCUT2D eigenvalue weighted by atomic mass is 10.1. The number of aliphatic hydroxyl groups excluding tert-OH is 1. The number of hydrogen-bond donors (Lipinski definition) is 2. The number of phenolic OH excluding ortho intramolecular Hbond substituents is 1. The maximum absolute atomic E-state index is 9.64. The van der Waals surface area contributed by atoms with Crippen molar-refractivity contribution in [3.05, 3.63) is 29.8 Å². The fraction of sp³-hybridized carbons (Fsp3) is 0.500. The highest BCUT2D eigenvalue weighted by Crippen LogP contribution is 2.23. The van der Waals surface area contributed by atoms with E-state index in [1.54, 1.807) is 6.07 Å². The molecule has 2 rings (SSSR count). The fourth-order valence-corrected chi connectivity index (χ4v) is 2.17. The number of rotatable bonds is 3. The maximum atomic E-state index is 9.64. The van der Waals surface area contributed by atoms with Gasteiger partial charge in [-0.05, 0) is 25.5 Å². The van der Waals surface area contributed by atoms with Crippen LogP contribution in [0.3, 0.4) is 0 Å². The summed E-state index contributed by atoms with van der Waals surface area (Å²) >= 11 is 0. The minimum absolute atomic E-state index is 0.216. The Morgan fingerprint density at radius 2 is 2.13 bits per heavy atom. The second-order valence-electron chi connectivity index (χ2n) is 4.08. The summed E-state index contributed by atoms with van der Waals surface area (Å²) in [4.78, 5) is 2.23. The van der Waals surface area contributed by atoms with Crippen molar-refractivity contribution in [2.45, 2.75) is 25.4 Å². The molecular weight excluding hydrogens is 190 g/mol. The maximum Gasteiger partial charge on any atom is 0.120 e. The van der Waals surface area contributed by atoms with E-state index in [2.05, 4.69) is 4.90 Å². The molecule has 15 heavy (non-hydrogen) atoms. The smallest absolute Gasteiger partial charge is 0.120 e. The van der Waals surface area contributed by atoms with Gasteiger partial charge in [-0.15, -0.1) is 0 Å². The van der Waals surface area contributed by atoms with Gasteiger partial charge in [-0.1, -0.05) is 18.2 Å². The number of hydrogen-bond acceptors (Lipinski definition) is 3. The first-order chi connectivity index (χ1) is 7.31. The Kier molecular flexibility index (Phi) is 3.23. The Bertz CT molecular complexity index is 327. The summed E-state index contributed by atoms with van der Waals surface area (Å²) in [6.07, 6.45) is 2.20. The van der Waals surface area contributed by atoms with Gasteiger partial charge in [0.15, 0.2) is 0 Å². The Morgan fingerprint density at radius 3 is 2.87 bits per heavy atom. The molecule has 0 radical (unpaired) electrons. The van der Waals surface area contributed by atoms with Crippen molar-refractivity contribution in [1.29, 1.82) is 0 Å². The largest absolute Gasteiger partial charge is 0.508 e. The molecule has 1 fully saturated rings. The van der Waals surface area contributed by atoms with Crippen LogP contribution in [0.1, 0.15) is 18.4 Å². The van der Waals surface area contributed by atoms with Crippen molar-refractivity contribution in [3.63, 3.8) is 0 Å². The number of likely N-dealkylation sites (tertiary alicyclic amines) is 1. The van der Waals surface area contributed by atoms with Crippen LogP contribution in [0.25, 0.3) is 0 Å². The van der Waals surface area contributed by atoms with Crippen molar-refractivity contribution in [2.24, 2.45) is 0 Å². The molecule has 1 aromatic carbocycles. The summed E-state index contributed by atoms with van der Waals surface area (Å²) in [7, 11) is 0. The first-order valence-electron chi connectivity index (χ1n) is 5.43. The molecule has 1 heterocycles. The van der Waals surface area contributed by atoms with Crippen LogP contribution in [0.15, 0.2) is 24.3 Å². The molecule has 1 aromatic rings. The SMILES string of the molecule is OC[C@H]1CCCN1Cc1ccccc1O. The van der Waals surface area contributed by atoms with E-state index >= 15 is 0 Å². The molecule has 0 aliphatic carbocycles. The zero-order chi connectivity index (χ0) is 10.7. The van der Waals surface area contributed by atoms with Gasteiger partial charge in [0, 0.05) is 18.2 Å². The molecule has 0 bridgehead atoms. The van der Waals surface area contributed by atoms with Crippen LogP contribution >= 0.6 is 0 Å². The molecule has 0 unspecified atom stereocenters. The molecule has 2 N–H and O–H groups in total. The third kappa shape index (κ3) is 2.30. The lowest BCUT2D eigenvalue weighted by Crippen LogP contribution is -2.31. The van der Waals surface area contributed by atoms with E-state index in [0.717, 1.165) is 31.5 Å². The van der Waals surface area contributed by atoms with Crippen molar-refractivity contribution in [2.75, 3.05) is 13.2 Å². The average Bonchev–Trinajstić information content (AvgIpc) is 2.69. The van der Waals surface area contributed by atoms with Crippen molar-refractivity contribution in [1.82, 2.24) is 4.90 Å². The Morgan fingerprint density at radius 1 is 1.33 bits per heavy atom.